The first-order valence-corrected chi connectivity index (χ1v) is 5.50. The molecule has 0 bridgehead atoms. The van der Waals surface area contributed by atoms with Crippen LogP contribution in [0.15, 0.2) is 30.6 Å². The van der Waals surface area contributed by atoms with E-state index in [0.29, 0.717) is 0 Å². The minimum absolute atomic E-state index is 0.749. The summed E-state index contributed by atoms with van der Waals surface area (Å²) in [6.07, 6.45) is 3.84. The largest absolute Gasteiger partial charge is 0.316 e. The Balaban J connectivity index is 2.48. The van der Waals surface area contributed by atoms with Gasteiger partial charge >= 0.3 is 0 Å². The van der Waals surface area contributed by atoms with Crippen molar-refractivity contribution in [3.8, 4) is 11.1 Å². The van der Waals surface area contributed by atoms with Gasteiger partial charge in [-0.2, -0.15) is 5.10 Å². The van der Waals surface area contributed by atoms with Gasteiger partial charge in [0.15, 0.2) is 0 Å². The number of rotatable bonds is 3. The van der Waals surface area contributed by atoms with E-state index in [1.54, 1.807) is 4.68 Å². The second-order valence-corrected chi connectivity index (χ2v) is 4.17. The van der Waals surface area contributed by atoms with Gasteiger partial charge in [-0.3, -0.25) is 4.68 Å². The second-order valence-electron chi connectivity index (χ2n) is 3.73. The fraction of sp³-hybridized carbons (Fsp3) is 0.250. The van der Waals surface area contributed by atoms with Crippen LogP contribution in [0.2, 0.25) is 5.02 Å². The second kappa shape index (κ2) is 4.68. The molecule has 0 saturated heterocycles. The molecule has 1 aromatic carbocycles. The average molecular weight is 236 g/mol. The summed E-state index contributed by atoms with van der Waals surface area (Å²) in [6, 6.07) is 5.93. The van der Waals surface area contributed by atoms with Crippen LogP contribution in [-0.4, -0.2) is 16.8 Å². The molecule has 3 nitrogen and oxygen atoms in total. The summed E-state index contributed by atoms with van der Waals surface area (Å²) in [6.45, 7) is 0.821. The van der Waals surface area contributed by atoms with E-state index in [1.165, 1.54) is 5.56 Å². The molecule has 0 fully saturated rings. The summed E-state index contributed by atoms with van der Waals surface area (Å²) >= 11 is 6.03. The van der Waals surface area contributed by atoms with Crippen LogP contribution in [0.5, 0.6) is 0 Å². The lowest BCUT2D eigenvalue weighted by Crippen LogP contribution is -2.06. The fourth-order valence-electron chi connectivity index (χ4n) is 1.72. The van der Waals surface area contributed by atoms with Crippen LogP contribution in [0.4, 0.5) is 0 Å². The van der Waals surface area contributed by atoms with Crippen LogP contribution in [0, 0.1) is 0 Å². The molecule has 2 aromatic rings. The topological polar surface area (TPSA) is 29.9 Å². The van der Waals surface area contributed by atoms with Gasteiger partial charge in [0.05, 0.1) is 6.20 Å². The third-order valence-electron chi connectivity index (χ3n) is 2.46. The molecular weight excluding hydrogens is 222 g/mol. The number of nitrogens with zero attached hydrogens (tertiary/aromatic N) is 2. The first kappa shape index (κ1) is 11.2. The lowest BCUT2D eigenvalue weighted by atomic mass is 10.0. The zero-order valence-corrected chi connectivity index (χ0v) is 10.1. The predicted octanol–water partition coefficient (Wildman–Crippen LogP) is 2.46. The van der Waals surface area contributed by atoms with Gasteiger partial charge in [-0.05, 0) is 30.3 Å². The van der Waals surface area contributed by atoms with Gasteiger partial charge in [-0.15, -0.1) is 0 Å². The van der Waals surface area contributed by atoms with Crippen molar-refractivity contribution in [2.75, 3.05) is 7.05 Å². The molecule has 0 aliphatic carbocycles. The predicted molar refractivity (Wildman–Crippen MR) is 66.4 cm³/mol. The Labute approximate surface area is 100 Å². The molecule has 0 spiro atoms. The first-order valence-electron chi connectivity index (χ1n) is 5.13. The highest BCUT2D eigenvalue weighted by Gasteiger charge is 2.07. The minimum Gasteiger partial charge on any atom is -0.316 e. The maximum atomic E-state index is 6.03. The zero-order chi connectivity index (χ0) is 11.5. The van der Waals surface area contributed by atoms with Crippen LogP contribution in [-0.2, 0) is 13.6 Å². The third kappa shape index (κ3) is 2.26. The highest BCUT2D eigenvalue weighted by Crippen LogP contribution is 2.26. The number of benzene rings is 1. The normalized spacial score (nSPS) is 10.7. The monoisotopic (exact) mass is 235 g/mol. The first-order chi connectivity index (χ1) is 7.70. The Kier molecular flexibility index (Phi) is 3.27. The third-order valence-corrected chi connectivity index (χ3v) is 2.69. The van der Waals surface area contributed by atoms with Gasteiger partial charge in [-0.25, -0.2) is 0 Å². The highest BCUT2D eigenvalue weighted by molar-refractivity contribution is 6.30. The summed E-state index contributed by atoms with van der Waals surface area (Å²) in [5.41, 5.74) is 3.45. The number of halogens is 1. The number of nitrogens with one attached hydrogen (secondary N) is 1. The Hall–Kier alpha value is -1.32. The molecule has 0 saturated carbocycles. The van der Waals surface area contributed by atoms with Crippen molar-refractivity contribution in [2.45, 2.75) is 6.54 Å². The number of hydrogen-bond donors (Lipinski definition) is 1. The molecule has 2 rings (SSSR count). The van der Waals surface area contributed by atoms with Crippen LogP contribution in [0.25, 0.3) is 11.1 Å². The summed E-state index contributed by atoms with van der Waals surface area (Å²) in [5, 5.41) is 8.08. The molecular formula is C12H14ClN3. The number of aromatic nitrogens is 2. The summed E-state index contributed by atoms with van der Waals surface area (Å²) in [7, 11) is 3.84. The zero-order valence-electron chi connectivity index (χ0n) is 9.37. The quantitative estimate of drug-likeness (QED) is 0.886. The van der Waals surface area contributed by atoms with E-state index in [1.807, 2.05) is 44.7 Å². The van der Waals surface area contributed by atoms with Gasteiger partial charge in [-0.1, -0.05) is 17.7 Å². The van der Waals surface area contributed by atoms with E-state index in [-0.39, 0.29) is 0 Å². The van der Waals surface area contributed by atoms with Crippen LogP contribution in [0.1, 0.15) is 5.56 Å². The molecule has 0 amide bonds. The Morgan fingerprint density at radius 1 is 1.44 bits per heavy atom. The van der Waals surface area contributed by atoms with Crippen molar-refractivity contribution in [3.63, 3.8) is 0 Å². The van der Waals surface area contributed by atoms with Gasteiger partial charge in [0.1, 0.15) is 0 Å². The van der Waals surface area contributed by atoms with Gasteiger partial charge in [0.2, 0.25) is 0 Å². The smallest absolute Gasteiger partial charge is 0.0568 e. The van der Waals surface area contributed by atoms with Crippen LogP contribution >= 0.6 is 11.6 Å². The summed E-state index contributed by atoms with van der Waals surface area (Å²) in [5.74, 6) is 0. The van der Waals surface area contributed by atoms with E-state index in [0.717, 1.165) is 22.7 Å². The minimum atomic E-state index is 0.749. The molecule has 84 valence electrons. The molecule has 0 aliphatic heterocycles. The Morgan fingerprint density at radius 3 is 2.88 bits per heavy atom. The van der Waals surface area contributed by atoms with Crippen molar-refractivity contribution >= 4 is 11.6 Å². The van der Waals surface area contributed by atoms with Crippen LogP contribution in [0.3, 0.4) is 0 Å². The SMILES string of the molecule is CNCc1ccc(Cl)cc1-c1cnn(C)c1. The molecule has 1 aromatic heterocycles. The molecule has 1 N–H and O–H groups in total. The fourth-order valence-corrected chi connectivity index (χ4v) is 1.89. The van der Waals surface area contributed by atoms with Crippen LogP contribution < -0.4 is 5.32 Å². The average Bonchev–Trinajstić information content (AvgIpc) is 2.68. The number of hydrogen-bond acceptors (Lipinski definition) is 2. The van der Waals surface area contributed by atoms with E-state index >= 15 is 0 Å². The molecule has 4 heteroatoms. The van der Waals surface area contributed by atoms with Gasteiger partial charge in [0, 0.05) is 30.4 Å². The summed E-state index contributed by atoms with van der Waals surface area (Å²) in [4.78, 5) is 0. The van der Waals surface area contributed by atoms with Crippen molar-refractivity contribution < 1.29 is 0 Å². The van der Waals surface area contributed by atoms with Gasteiger partial charge in [0.25, 0.3) is 0 Å². The van der Waals surface area contributed by atoms with Crippen molar-refractivity contribution in [1.82, 2.24) is 15.1 Å². The molecule has 0 aliphatic rings. The molecule has 0 unspecified atom stereocenters. The summed E-state index contributed by atoms with van der Waals surface area (Å²) < 4.78 is 1.79. The number of aryl methyl sites for hydroxylation is 1. The van der Waals surface area contributed by atoms with Crippen molar-refractivity contribution in [2.24, 2.45) is 7.05 Å². The van der Waals surface area contributed by atoms with E-state index in [2.05, 4.69) is 10.4 Å². The molecule has 16 heavy (non-hydrogen) atoms. The van der Waals surface area contributed by atoms with E-state index in [9.17, 15) is 0 Å². The molecule has 1 heterocycles. The Morgan fingerprint density at radius 2 is 2.25 bits per heavy atom. The maximum Gasteiger partial charge on any atom is 0.0568 e. The van der Waals surface area contributed by atoms with Gasteiger partial charge < -0.3 is 5.32 Å². The van der Waals surface area contributed by atoms with E-state index in [4.69, 9.17) is 11.6 Å². The maximum absolute atomic E-state index is 6.03. The van der Waals surface area contributed by atoms with Crippen molar-refractivity contribution in [3.05, 3.63) is 41.2 Å². The lowest BCUT2D eigenvalue weighted by Gasteiger charge is -2.07. The van der Waals surface area contributed by atoms with Crippen molar-refractivity contribution in [1.29, 1.82) is 0 Å². The molecule has 0 radical (unpaired) electrons. The highest BCUT2D eigenvalue weighted by atomic mass is 35.5. The lowest BCUT2D eigenvalue weighted by molar-refractivity contribution is 0.768. The Bertz CT molecular complexity index is 491. The molecule has 0 atom stereocenters. The standard InChI is InChI=1S/C12H14ClN3/c1-14-6-9-3-4-11(13)5-12(9)10-7-15-16(2)8-10/h3-5,7-8,14H,6H2,1-2H3. The van der Waals surface area contributed by atoms with E-state index < -0.39 is 0 Å².